The highest BCUT2D eigenvalue weighted by atomic mass is 16.5. The van der Waals surface area contributed by atoms with E-state index in [2.05, 4.69) is 5.32 Å². The van der Waals surface area contributed by atoms with Gasteiger partial charge in [-0.3, -0.25) is 9.59 Å². The van der Waals surface area contributed by atoms with Crippen LogP contribution in [0.1, 0.15) is 78.2 Å². The number of nitrogens with one attached hydrogen (secondary N) is 1. The lowest BCUT2D eigenvalue weighted by Crippen LogP contribution is -2.48. The molecule has 7 heteroatoms. The monoisotopic (exact) mass is 439 g/mol. The van der Waals surface area contributed by atoms with Crippen LogP contribution >= 0.6 is 0 Å². The summed E-state index contributed by atoms with van der Waals surface area (Å²) < 4.78 is 7.55. The summed E-state index contributed by atoms with van der Waals surface area (Å²) >= 11 is 0. The van der Waals surface area contributed by atoms with Gasteiger partial charge in [0.05, 0.1) is 42.2 Å². The molecule has 0 radical (unpaired) electrons. The fraction of sp³-hybridized carbons (Fsp3) is 0.520. The molecule has 1 fully saturated rings. The van der Waals surface area contributed by atoms with Crippen molar-refractivity contribution in [2.75, 3.05) is 13.2 Å². The number of nitrogens with zero attached hydrogens (tertiary/aromatic N) is 2. The minimum atomic E-state index is -0.975. The third-order valence-electron chi connectivity index (χ3n) is 6.61. The normalized spacial score (nSPS) is 19.5. The molecule has 7 nitrogen and oxygen atoms in total. The van der Waals surface area contributed by atoms with Gasteiger partial charge in [0.1, 0.15) is 5.69 Å². The minimum absolute atomic E-state index is 0.110. The maximum absolute atomic E-state index is 13.5. The van der Waals surface area contributed by atoms with Crippen molar-refractivity contribution in [2.45, 2.75) is 70.9 Å². The van der Waals surface area contributed by atoms with Crippen molar-refractivity contribution in [3.8, 4) is 0 Å². The molecule has 2 N–H and O–H groups in total. The molecule has 2 amide bonds. The van der Waals surface area contributed by atoms with E-state index < -0.39 is 5.60 Å². The number of carbonyl (C=O) groups is 2. The maximum Gasteiger partial charge on any atom is 0.270 e. The molecule has 0 aliphatic carbocycles. The van der Waals surface area contributed by atoms with Crippen LogP contribution in [0, 0.1) is 0 Å². The van der Waals surface area contributed by atoms with E-state index in [4.69, 9.17) is 4.74 Å². The summed E-state index contributed by atoms with van der Waals surface area (Å²) in [5, 5.41) is 13.7. The number of carbonyl (C=O) groups excluding carboxylic acids is 2. The molecular formula is C25H33N3O4. The Labute approximate surface area is 189 Å². The van der Waals surface area contributed by atoms with Crippen LogP contribution < -0.4 is 5.32 Å². The maximum atomic E-state index is 13.5. The van der Waals surface area contributed by atoms with E-state index in [1.54, 1.807) is 24.8 Å². The molecule has 1 saturated heterocycles. The van der Waals surface area contributed by atoms with Crippen molar-refractivity contribution in [3.05, 3.63) is 58.9 Å². The molecule has 2 atom stereocenters. The Balaban J connectivity index is 1.63. The summed E-state index contributed by atoms with van der Waals surface area (Å²) in [6, 6.07) is 11.3. The molecule has 172 valence electrons. The number of aromatic nitrogens is 1. The van der Waals surface area contributed by atoms with Gasteiger partial charge in [-0.05, 0) is 44.7 Å². The molecule has 0 saturated carbocycles. The second kappa shape index (κ2) is 9.08. The first-order chi connectivity index (χ1) is 15.3. The number of likely N-dealkylation sites (tertiary alicyclic amines) is 1. The van der Waals surface area contributed by atoms with E-state index in [0.29, 0.717) is 37.6 Å². The number of fused-ring (bicyclic) bond motifs is 1. The van der Waals surface area contributed by atoms with Gasteiger partial charge in [0.25, 0.3) is 11.8 Å². The largest absolute Gasteiger partial charge is 0.388 e. The Kier molecular flexibility index (Phi) is 6.40. The molecule has 2 aliphatic heterocycles. The average Bonchev–Trinajstić information content (AvgIpc) is 3.43. The van der Waals surface area contributed by atoms with Crippen LogP contribution in [0.15, 0.2) is 36.4 Å². The van der Waals surface area contributed by atoms with Gasteiger partial charge < -0.3 is 24.6 Å². The standard InChI is InChI=1S/C25H33N3O4/c1-4-19(17-9-6-5-7-10-17)26-23(29)18-15-20(27-13-14-32-16-21(18)27)24(30)28-12-8-11-22(28)25(2,3)31/h5-7,9-10,15,19,22,31H,4,8,11-14,16H2,1-3H3,(H,26,29). The topological polar surface area (TPSA) is 83.8 Å². The van der Waals surface area contributed by atoms with E-state index in [0.717, 1.165) is 30.5 Å². The van der Waals surface area contributed by atoms with Crippen molar-refractivity contribution in [3.63, 3.8) is 0 Å². The Bertz CT molecular complexity index is 977. The first kappa shape index (κ1) is 22.6. The molecule has 2 unspecified atom stereocenters. The van der Waals surface area contributed by atoms with Gasteiger partial charge in [-0.2, -0.15) is 0 Å². The zero-order valence-corrected chi connectivity index (χ0v) is 19.1. The van der Waals surface area contributed by atoms with Gasteiger partial charge in [0.2, 0.25) is 0 Å². The Morgan fingerprint density at radius 1 is 1.25 bits per heavy atom. The van der Waals surface area contributed by atoms with Gasteiger partial charge in [0, 0.05) is 13.1 Å². The fourth-order valence-corrected chi connectivity index (χ4v) is 4.93. The molecule has 32 heavy (non-hydrogen) atoms. The van der Waals surface area contributed by atoms with Crippen LogP contribution in [0.4, 0.5) is 0 Å². The summed E-state index contributed by atoms with van der Waals surface area (Å²) in [6.45, 7) is 7.47. The summed E-state index contributed by atoms with van der Waals surface area (Å²) in [4.78, 5) is 28.6. The lowest BCUT2D eigenvalue weighted by atomic mass is 9.96. The van der Waals surface area contributed by atoms with Crippen LogP contribution in [-0.4, -0.2) is 51.2 Å². The molecule has 1 aromatic carbocycles. The molecule has 1 aromatic heterocycles. The summed E-state index contributed by atoms with van der Waals surface area (Å²) in [5.41, 5.74) is 1.79. The van der Waals surface area contributed by atoms with E-state index >= 15 is 0 Å². The van der Waals surface area contributed by atoms with Crippen LogP contribution in [0.5, 0.6) is 0 Å². The Hall–Kier alpha value is -2.64. The smallest absolute Gasteiger partial charge is 0.270 e. The molecule has 0 bridgehead atoms. The number of aliphatic hydroxyl groups is 1. The SMILES string of the molecule is CCC(NC(=O)c1cc(C(=O)N2CCCC2C(C)(C)O)n2c1COCC2)c1ccccc1. The van der Waals surface area contributed by atoms with Crippen molar-refractivity contribution >= 4 is 11.8 Å². The fourth-order valence-electron chi connectivity index (χ4n) is 4.93. The lowest BCUT2D eigenvalue weighted by molar-refractivity contribution is -0.000348. The molecule has 2 aliphatic rings. The van der Waals surface area contributed by atoms with Gasteiger partial charge in [-0.1, -0.05) is 37.3 Å². The third-order valence-corrected chi connectivity index (χ3v) is 6.61. The Morgan fingerprint density at radius 3 is 2.69 bits per heavy atom. The van der Waals surface area contributed by atoms with E-state index in [1.165, 1.54) is 0 Å². The van der Waals surface area contributed by atoms with E-state index in [9.17, 15) is 14.7 Å². The highest BCUT2D eigenvalue weighted by molar-refractivity contribution is 6.01. The number of hydrogen-bond donors (Lipinski definition) is 2. The predicted octanol–water partition coefficient (Wildman–Crippen LogP) is 3.27. The van der Waals surface area contributed by atoms with E-state index in [-0.39, 0.29) is 23.9 Å². The van der Waals surface area contributed by atoms with Crippen molar-refractivity contribution in [1.29, 1.82) is 0 Å². The predicted molar refractivity (Wildman–Crippen MR) is 121 cm³/mol. The first-order valence-electron chi connectivity index (χ1n) is 11.5. The van der Waals surface area contributed by atoms with Gasteiger partial charge >= 0.3 is 0 Å². The first-order valence-corrected chi connectivity index (χ1v) is 11.5. The lowest BCUT2D eigenvalue weighted by Gasteiger charge is -2.34. The van der Waals surface area contributed by atoms with Crippen LogP contribution in [0.3, 0.4) is 0 Å². The number of amides is 2. The quantitative estimate of drug-likeness (QED) is 0.724. The number of ether oxygens (including phenoxy) is 1. The number of benzene rings is 1. The highest BCUT2D eigenvalue weighted by Crippen LogP contribution is 2.30. The third kappa shape index (κ3) is 4.32. The van der Waals surface area contributed by atoms with Gasteiger partial charge in [-0.15, -0.1) is 0 Å². The molecule has 4 rings (SSSR count). The number of rotatable bonds is 6. The van der Waals surface area contributed by atoms with Crippen LogP contribution in [0.25, 0.3) is 0 Å². The average molecular weight is 440 g/mol. The second-order valence-corrected chi connectivity index (χ2v) is 9.25. The van der Waals surface area contributed by atoms with Crippen molar-refractivity contribution in [2.24, 2.45) is 0 Å². The molecule has 0 spiro atoms. The molecule has 3 heterocycles. The summed E-state index contributed by atoms with van der Waals surface area (Å²) in [6.07, 6.45) is 2.39. The van der Waals surface area contributed by atoms with Gasteiger partial charge in [-0.25, -0.2) is 0 Å². The van der Waals surface area contributed by atoms with Crippen LogP contribution in [0.2, 0.25) is 0 Å². The zero-order chi connectivity index (χ0) is 22.9. The zero-order valence-electron chi connectivity index (χ0n) is 19.1. The van der Waals surface area contributed by atoms with Crippen molar-refractivity contribution in [1.82, 2.24) is 14.8 Å². The van der Waals surface area contributed by atoms with Gasteiger partial charge in [0.15, 0.2) is 0 Å². The molecule has 2 aromatic rings. The van der Waals surface area contributed by atoms with Crippen LogP contribution in [-0.2, 0) is 17.9 Å². The molecular weight excluding hydrogens is 406 g/mol. The number of hydrogen-bond acceptors (Lipinski definition) is 4. The minimum Gasteiger partial charge on any atom is -0.388 e. The summed E-state index contributed by atoms with van der Waals surface area (Å²) in [5.74, 6) is -0.332. The summed E-state index contributed by atoms with van der Waals surface area (Å²) in [7, 11) is 0. The second-order valence-electron chi connectivity index (χ2n) is 9.25. The van der Waals surface area contributed by atoms with Crippen molar-refractivity contribution < 1.29 is 19.4 Å². The highest BCUT2D eigenvalue weighted by Gasteiger charge is 2.40. The Morgan fingerprint density at radius 2 is 2.00 bits per heavy atom. The van der Waals surface area contributed by atoms with E-state index in [1.807, 2.05) is 41.8 Å².